The van der Waals surface area contributed by atoms with Crippen molar-refractivity contribution in [1.29, 1.82) is 0 Å². The van der Waals surface area contributed by atoms with Crippen LogP contribution >= 0.6 is 0 Å². The van der Waals surface area contributed by atoms with E-state index in [1.807, 2.05) is 6.07 Å². The van der Waals surface area contributed by atoms with E-state index in [1.54, 1.807) is 4.57 Å². The minimum Gasteiger partial charge on any atom is -0.503 e. The molecule has 0 spiro atoms. The third-order valence-electron chi connectivity index (χ3n) is 5.64. The first kappa shape index (κ1) is 19.2. The van der Waals surface area contributed by atoms with Crippen molar-refractivity contribution in [2.75, 3.05) is 0 Å². The fourth-order valence-electron chi connectivity index (χ4n) is 4.22. The molecule has 1 aliphatic rings. The van der Waals surface area contributed by atoms with Crippen molar-refractivity contribution < 1.29 is 15.0 Å². The number of pyridine rings is 1. The van der Waals surface area contributed by atoms with Crippen molar-refractivity contribution in [2.24, 2.45) is 5.92 Å². The van der Waals surface area contributed by atoms with Crippen LogP contribution in [-0.4, -0.2) is 20.7 Å². The van der Waals surface area contributed by atoms with Crippen LogP contribution in [0.5, 0.6) is 5.75 Å². The number of carboxylic acids is 1. The average molecular weight is 369 g/mol. The lowest BCUT2D eigenvalue weighted by atomic mass is 9.81. The van der Waals surface area contributed by atoms with E-state index < -0.39 is 17.1 Å². The molecule has 1 saturated carbocycles. The van der Waals surface area contributed by atoms with Crippen LogP contribution in [0.25, 0.3) is 0 Å². The number of aromatic carboxylic acids is 1. The summed E-state index contributed by atoms with van der Waals surface area (Å²) in [5.74, 6) is -1.33. The number of aryl methyl sites for hydroxylation is 1. The van der Waals surface area contributed by atoms with Gasteiger partial charge < -0.3 is 14.8 Å². The van der Waals surface area contributed by atoms with Gasteiger partial charge in [-0.3, -0.25) is 4.79 Å². The van der Waals surface area contributed by atoms with E-state index in [4.69, 9.17) is 0 Å². The molecule has 2 N–H and O–H groups in total. The van der Waals surface area contributed by atoms with E-state index in [-0.39, 0.29) is 11.6 Å². The van der Waals surface area contributed by atoms with Crippen LogP contribution in [0, 0.1) is 5.92 Å². The van der Waals surface area contributed by atoms with Gasteiger partial charge in [0.05, 0.1) is 6.20 Å². The summed E-state index contributed by atoms with van der Waals surface area (Å²) in [4.78, 5) is 23.1. The van der Waals surface area contributed by atoms with Crippen molar-refractivity contribution in [1.82, 2.24) is 4.57 Å². The number of benzene rings is 1. The third kappa shape index (κ3) is 4.79. The molecule has 1 aromatic carbocycles. The number of nitrogens with zero attached hydrogens (tertiary/aromatic N) is 1. The van der Waals surface area contributed by atoms with Crippen LogP contribution in [-0.2, 0) is 6.42 Å². The molecule has 0 unspecified atom stereocenters. The van der Waals surface area contributed by atoms with E-state index >= 15 is 0 Å². The highest BCUT2D eigenvalue weighted by Gasteiger charge is 2.27. The Morgan fingerprint density at radius 2 is 1.81 bits per heavy atom. The van der Waals surface area contributed by atoms with Gasteiger partial charge in [-0.15, -0.1) is 0 Å². The summed E-state index contributed by atoms with van der Waals surface area (Å²) in [6.07, 6.45) is 11.5. The first-order valence-corrected chi connectivity index (χ1v) is 9.78. The van der Waals surface area contributed by atoms with Crippen LogP contribution in [0.3, 0.4) is 0 Å². The highest BCUT2D eigenvalue weighted by atomic mass is 16.4. The van der Waals surface area contributed by atoms with Crippen LogP contribution in [0.1, 0.15) is 66.9 Å². The monoisotopic (exact) mass is 369 g/mol. The van der Waals surface area contributed by atoms with Gasteiger partial charge in [0.1, 0.15) is 5.56 Å². The van der Waals surface area contributed by atoms with Crippen LogP contribution in [0.2, 0.25) is 0 Å². The predicted octanol–water partition coefficient (Wildman–Crippen LogP) is 4.40. The van der Waals surface area contributed by atoms with Gasteiger partial charge in [0, 0.05) is 12.2 Å². The fourth-order valence-corrected chi connectivity index (χ4v) is 4.22. The first-order chi connectivity index (χ1) is 13.1. The lowest BCUT2D eigenvalue weighted by molar-refractivity contribution is 0.0693. The van der Waals surface area contributed by atoms with E-state index in [0.717, 1.165) is 44.9 Å². The highest BCUT2D eigenvalue weighted by Crippen LogP contribution is 2.37. The Morgan fingerprint density at radius 1 is 1.07 bits per heavy atom. The zero-order valence-electron chi connectivity index (χ0n) is 15.5. The van der Waals surface area contributed by atoms with Gasteiger partial charge >= 0.3 is 5.97 Å². The standard InChI is InChI=1S/C22H27NO4/c24-20-15-23(14-18(21(20)25)22(26)27)19-13-7-6-12-17(19)11-5-4-10-16-8-2-1-3-9-16/h1-3,8-9,14-15,17,19,24H,4-7,10-13H2,(H,26,27)/t17-,19-/m0/s1. The molecule has 27 heavy (non-hydrogen) atoms. The fraction of sp³-hybridized carbons (Fsp3) is 0.455. The van der Waals surface area contributed by atoms with Gasteiger partial charge in [-0.05, 0) is 43.6 Å². The van der Waals surface area contributed by atoms with Crippen molar-refractivity contribution >= 4 is 5.97 Å². The second-order valence-corrected chi connectivity index (χ2v) is 7.48. The second-order valence-electron chi connectivity index (χ2n) is 7.48. The molecular formula is C22H27NO4. The second kappa shape index (κ2) is 8.89. The molecular weight excluding hydrogens is 342 g/mol. The molecule has 1 heterocycles. The summed E-state index contributed by atoms with van der Waals surface area (Å²) in [5, 5.41) is 19.1. The Kier molecular flexibility index (Phi) is 6.32. The van der Waals surface area contributed by atoms with Gasteiger partial charge in [0.15, 0.2) is 5.75 Å². The summed E-state index contributed by atoms with van der Waals surface area (Å²) in [7, 11) is 0. The highest BCUT2D eigenvalue weighted by molar-refractivity contribution is 5.87. The van der Waals surface area contributed by atoms with Crippen molar-refractivity contribution in [3.8, 4) is 5.75 Å². The Bertz CT molecular complexity index is 828. The first-order valence-electron chi connectivity index (χ1n) is 9.78. The van der Waals surface area contributed by atoms with E-state index in [9.17, 15) is 19.8 Å². The number of unbranched alkanes of at least 4 members (excludes halogenated alkanes) is 1. The normalized spacial score (nSPS) is 19.7. The number of carboxylic acid groups (broad SMARTS) is 1. The average Bonchev–Trinajstić information content (AvgIpc) is 2.68. The van der Waals surface area contributed by atoms with E-state index in [1.165, 1.54) is 24.4 Å². The minimum atomic E-state index is -1.29. The summed E-state index contributed by atoms with van der Waals surface area (Å²) in [6, 6.07) is 10.6. The molecule has 5 nitrogen and oxygen atoms in total. The largest absolute Gasteiger partial charge is 0.503 e. The molecule has 0 bridgehead atoms. The topological polar surface area (TPSA) is 79.5 Å². The number of carbonyl (C=O) groups is 1. The lowest BCUT2D eigenvalue weighted by Crippen LogP contribution is -2.26. The number of hydrogen-bond acceptors (Lipinski definition) is 3. The van der Waals surface area contributed by atoms with Gasteiger partial charge in [0.2, 0.25) is 5.43 Å². The molecule has 2 aromatic rings. The molecule has 0 saturated heterocycles. The SMILES string of the molecule is O=C(O)c1cn([C@H]2CCCC[C@@H]2CCCCc2ccccc2)cc(O)c1=O. The number of aromatic nitrogens is 1. The van der Waals surface area contributed by atoms with E-state index in [0.29, 0.717) is 5.92 Å². The maximum atomic E-state index is 11.8. The third-order valence-corrected chi connectivity index (χ3v) is 5.64. The summed E-state index contributed by atoms with van der Waals surface area (Å²) < 4.78 is 1.77. The summed E-state index contributed by atoms with van der Waals surface area (Å²) in [5.41, 5.74) is 0.187. The lowest BCUT2D eigenvalue weighted by Gasteiger charge is -2.34. The maximum Gasteiger partial charge on any atom is 0.341 e. The number of aromatic hydroxyl groups is 1. The zero-order valence-corrected chi connectivity index (χ0v) is 15.5. The molecule has 0 radical (unpaired) electrons. The minimum absolute atomic E-state index is 0.139. The molecule has 144 valence electrons. The Morgan fingerprint density at radius 3 is 2.56 bits per heavy atom. The maximum absolute atomic E-state index is 11.8. The predicted molar refractivity (Wildman–Crippen MR) is 104 cm³/mol. The van der Waals surface area contributed by atoms with Crippen molar-refractivity contribution in [2.45, 2.75) is 57.4 Å². The van der Waals surface area contributed by atoms with Gasteiger partial charge in [0.25, 0.3) is 0 Å². The summed E-state index contributed by atoms with van der Waals surface area (Å²) >= 11 is 0. The Hall–Kier alpha value is -2.56. The van der Waals surface area contributed by atoms with Crippen LogP contribution in [0.15, 0.2) is 47.5 Å². The summed E-state index contributed by atoms with van der Waals surface area (Å²) in [6.45, 7) is 0. The van der Waals surface area contributed by atoms with Gasteiger partial charge in [-0.1, -0.05) is 49.6 Å². The van der Waals surface area contributed by atoms with Gasteiger partial charge in [-0.25, -0.2) is 4.79 Å². The Balaban J connectivity index is 1.66. The molecule has 5 heteroatoms. The molecule has 1 fully saturated rings. The molecule has 3 rings (SSSR count). The molecule has 1 aliphatic carbocycles. The molecule has 0 amide bonds. The van der Waals surface area contributed by atoms with Crippen LogP contribution < -0.4 is 5.43 Å². The number of rotatable bonds is 7. The molecule has 1 aromatic heterocycles. The van der Waals surface area contributed by atoms with Crippen molar-refractivity contribution in [3.63, 3.8) is 0 Å². The van der Waals surface area contributed by atoms with Crippen LogP contribution in [0.4, 0.5) is 0 Å². The van der Waals surface area contributed by atoms with E-state index in [2.05, 4.69) is 24.3 Å². The smallest absolute Gasteiger partial charge is 0.341 e. The number of hydrogen-bond donors (Lipinski definition) is 2. The van der Waals surface area contributed by atoms with Crippen molar-refractivity contribution in [3.05, 3.63) is 64.1 Å². The molecule has 2 atom stereocenters. The quantitative estimate of drug-likeness (QED) is 0.709. The Labute approximate surface area is 159 Å². The van der Waals surface area contributed by atoms with Gasteiger partial charge in [-0.2, -0.15) is 0 Å². The molecule has 0 aliphatic heterocycles. The zero-order chi connectivity index (χ0) is 19.2.